The number of benzene rings is 3. The summed E-state index contributed by atoms with van der Waals surface area (Å²) in [5.74, 6) is 1.49. The monoisotopic (exact) mass is 475 g/mol. The summed E-state index contributed by atoms with van der Waals surface area (Å²) >= 11 is 5.93. The van der Waals surface area contributed by atoms with Crippen LogP contribution in [0, 0.1) is 6.92 Å². The van der Waals surface area contributed by atoms with Crippen LogP contribution >= 0.6 is 11.6 Å². The Morgan fingerprint density at radius 1 is 1.09 bits per heavy atom. The molecule has 1 aromatic heterocycles. The van der Waals surface area contributed by atoms with Gasteiger partial charge in [-0.25, -0.2) is 4.98 Å². The topological polar surface area (TPSA) is 67.6 Å². The summed E-state index contributed by atoms with van der Waals surface area (Å²) in [5, 5.41) is 11.4. The molecule has 0 radical (unpaired) electrons. The molecule has 6 nitrogen and oxygen atoms in total. The van der Waals surface area contributed by atoms with Crippen LogP contribution in [0.25, 0.3) is 11.0 Å². The molecule has 7 heteroatoms. The van der Waals surface area contributed by atoms with Gasteiger partial charge in [-0.05, 0) is 55.0 Å². The number of aliphatic hydroxyl groups excluding tert-OH is 1. The number of ether oxygens (including phenoxy) is 1. The van der Waals surface area contributed by atoms with Crippen molar-refractivity contribution in [1.82, 2.24) is 9.55 Å². The predicted molar refractivity (Wildman–Crippen MR) is 134 cm³/mol. The van der Waals surface area contributed by atoms with Crippen molar-refractivity contribution >= 4 is 34.2 Å². The third-order valence-electron chi connectivity index (χ3n) is 6.23. The van der Waals surface area contributed by atoms with Gasteiger partial charge in [0.15, 0.2) is 0 Å². The van der Waals surface area contributed by atoms with E-state index in [1.54, 1.807) is 24.3 Å². The average Bonchev–Trinajstić information content (AvgIpc) is 3.39. The Morgan fingerprint density at radius 3 is 2.62 bits per heavy atom. The zero-order valence-electron chi connectivity index (χ0n) is 18.9. The molecule has 1 aliphatic heterocycles. The summed E-state index contributed by atoms with van der Waals surface area (Å²) in [7, 11) is 0. The van der Waals surface area contributed by atoms with Crippen LogP contribution in [0.3, 0.4) is 0 Å². The molecule has 3 aromatic carbocycles. The molecule has 1 N–H and O–H groups in total. The van der Waals surface area contributed by atoms with Crippen LogP contribution in [-0.4, -0.2) is 39.8 Å². The molecule has 0 unspecified atom stereocenters. The smallest absolute Gasteiger partial charge is 0.227 e. The number of aliphatic hydroxyl groups is 1. The third kappa shape index (κ3) is 4.52. The fourth-order valence-corrected chi connectivity index (χ4v) is 4.69. The molecule has 4 aromatic rings. The Morgan fingerprint density at radius 2 is 1.82 bits per heavy atom. The van der Waals surface area contributed by atoms with Gasteiger partial charge in [-0.1, -0.05) is 41.9 Å². The largest absolute Gasteiger partial charge is 0.491 e. The number of carbonyl (C=O) groups is 1. The van der Waals surface area contributed by atoms with Crippen LogP contribution in [0.4, 0.5) is 5.69 Å². The van der Waals surface area contributed by atoms with Crippen molar-refractivity contribution in [3.63, 3.8) is 0 Å². The van der Waals surface area contributed by atoms with Gasteiger partial charge in [-0.15, -0.1) is 0 Å². The predicted octanol–water partition coefficient (Wildman–Crippen LogP) is 4.96. The van der Waals surface area contributed by atoms with Crippen LogP contribution < -0.4 is 9.64 Å². The number of anilines is 1. The summed E-state index contributed by atoms with van der Waals surface area (Å²) < 4.78 is 7.78. The summed E-state index contributed by atoms with van der Waals surface area (Å²) in [6, 6.07) is 22.8. The van der Waals surface area contributed by atoms with Crippen LogP contribution in [0.2, 0.25) is 5.02 Å². The zero-order chi connectivity index (χ0) is 23.7. The van der Waals surface area contributed by atoms with Crippen molar-refractivity contribution in [2.45, 2.75) is 31.9 Å². The molecule has 5 rings (SSSR count). The van der Waals surface area contributed by atoms with E-state index in [9.17, 15) is 9.90 Å². The molecule has 0 saturated carbocycles. The molecule has 174 valence electrons. The Kier molecular flexibility index (Phi) is 6.26. The van der Waals surface area contributed by atoms with E-state index in [4.69, 9.17) is 21.3 Å². The summed E-state index contributed by atoms with van der Waals surface area (Å²) in [4.78, 5) is 19.7. The minimum atomic E-state index is -0.753. The number of nitrogens with zero attached hydrogens (tertiary/aromatic N) is 3. The molecule has 0 spiro atoms. The van der Waals surface area contributed by atoms with Crippen molar-refractivity contribution in [2.75, 3.05) is 18.1 Å². The highest BCUT2D eigenvalue weighted by molar-refractivity contribution is 6.30. The number of halogens is 1. The molecule has 1 aliphatic rings. The number of fused-ring (bicyclic) bond motifs is 1. The van der Waals surface area contributed by atoms with E-state index in [1.165, 1.54) is 0 Å². The van der Waals surface area contributed by atoms with Crippen LogP contribution in [0.15, 0.2) is 72.8 Å². The maximum absolute atomic E-state index is 13.0. The Hall–Kier alpha value is -3.35. The number of hydrogen-bond acceptors (Lipinski definition) is 4. The van der Waals surface area contributed by atoms with Crippen LogP contribution in [-0.2, 0) is 11.3 Å². The fourth-order valence-electron chi connectivity index (χ4n) is 4.56. The van der Waals surface area contributed by atoms with Gasteiger partial charge < -0.3 is 19.3 Å². The number of amides is 1. The minimum absolute atomic E-state index is 0.0658. The van der Waals surface area contributed by atoms with E-state index in [0.29, 0.717) is 30.3 Å². The lowest BCUT2D eigenvalue weighted by Crippen LogP contribution is -2.27. The van der Waals surface area contributed by atoms with Crippen molar-refractivity contribution < 1.29 is 14.6 Å². The van der Waals surface area contributed by atoms with Crippen molar-refractivity contribution in [1.29, 1.82) is 0 Å². The lowest BCUT2D eigenvalue weighted by molar-refractivity contribution is -0.117. The molecule has 1 amide bonds. The third-order valence-corrected chi connectivity index (χ3v) is 6.48. The second-order valence-corrected chi connectivity index (χ2v) is 9.12. The molecule has 34 heavy (non-hydrogen) atoms. The standard InChI is InChI=1S/C27H26ClN3O3/c1-18-6-2-4-8-24(18)30-15-19(14-26(30)33)27-29-23-7-3-5-9-25(23)31(27)16-21(32)17-34-22-12-10-20(28)11-13-22/h2-13,19,21,32H,14-17H2,1H3/t19-,21-/m1/s1. The first kappa shape index (κ1) is 22.4. The number of aryl methyl sites for hydroxylation is 1. The van der Waals surface area contributed by atoms with Crippen LogP contribution in [0.1, 0.15) is 23.7 Å². The first-order chi connectivity index (χ1) is 16.5. The van der Waals surface area contributed by atoms with Crippen molar-refractivity contribution in [3.8, 4) is 5.75 Å². The number of carbonyl (C=O) groups excluding carboxylic acids is 1. The van der Waals surface area contributed by atoms with E-state index in [0.717, 1.165) is 28.1 Å². The van der Waals surface area contributed by atoms with Gasteiger partial charge in [-0.3, -0.25) is 4.79 Å². The fraction of sp³-hybridized carbons (Fsp3) is 0.259. The number of aromatic nitrogens is 2. The van der Waals surface area contributed by atoms with Gasteiger partial charge in [-0.2, -0.15) is 0 Å². The molecular weight excluding hydrogens is 450 g/mol. The van der Waals surface area contributed by atoms with Gasteiger partial charge >= 0.3 is 0 Å². The number of para-hydroxylation sites is 3. The first-order valence-corrected chi connectivity index (χ1v) is 11.7. The maximum atomic E-state index is 13.0. The van der Waals surface area contributed by atoms with E-state index >= 15 is 0 Å². The number of hydrogen-bond donors (Lipinski definition) is 1. The lowest BCUT2D eigenvalue weighted by atomic mass is 10.1. The second kappa shape index (κ2) is 9.49. The van der Waals surface area contributed by atoms with Crippen molar-refractivity contribution in [3.05, 3.63) is 89.2 Å². The Bertz CT molecular complexity index is 1320. The quantitative estimate of drug-likeness (QED) is 0.410. The van der Waals surface area contributed by atoms with Gasteiger partial charge in [0.2, 0.25) is 5.91 Å². The van der Waals surface area contributed by atoms with E-state index < -0.39 is 6.10 Å². The minimum Gasteiger partial charge on any atom is -0.491 e. The number of rotatable bonds is 7. The van der Waals surface area contributed by atoms with Gasteiger partial charge in [0.05, 0.1) is 17.6 Å². The lowest BCUT2D eigenvalue weighted by Gasteiger charge is -2.20. The van der Waals surface area contributed by atoms with E-state index in [1.807, 2.05) is 64.9 Å². The molecular formula is C27H26ClN3O3. The first-order valence-electron chi connectivity index (χ1n) is 11.4. The SMILES string of the molecule is Cc1ccccc1N1C[C@H](c2nc3ccccc3n2C[C@@H](O)COc2ccc(Cl)cc2)CC1=O. The highest BCUT2D eigenvalue weighted by Crippen LogP contribution is 2.34. The molecule has 2 heterocycles. The summed E-state index contributed by atoms with van der Waals surface area (Å²) in [6.45, 7) is 3.03. The Balaban J connectivity index is 1.38. The van der Waals surface area contributed by atoms with Crippen LogP contribution in [0.5, 0.6) is 5.75 Å². The molecule has 0 aliphatic carbocycles. The summed E-state index contributed by atoms with van der Waals surface area (Å²) in [5.41, 5.74) is 3.80. The number of imidazole rings is 1. The highest BCUT2D eigenvalue weighted by Gasteiger charge is 2.35. The molecule has 0 bridgehead atoms. The maximum Gasteiger partial charge on any atom is 0.227 e. The molecule has 2 atom stereocenters. The van der Waals surface area contributed by atoms with Gasteiger partial charge in [0, 0.05) is 29.6 Å². The van der Waals surface area contributed by atoms with E-state index in [-0.39, 0.29) is 18.4 Å². The van der Waals surface area contributed by atoms with Crippen molar-refractivity contribution in [2.24, 2.45) is 0 Å². The molecule has 1 fully saturated rings. The second-order valence-electron chi connectivity index (χ2n) is 8.68. The zero-order valence-corrected chi connectivity index (χ0v) is 19.7. The summed E-state index contributed by atoms with van der Waals surface area (Å²) in [6.07, 6.45) is -0.369. The van der Waals surface area contributed by atoms with Gasteiger partial charge in [0.1, 0.15) is 24.3 Å². The Labute approximate surface area is 203 Å². The highest BCUT2D eigenvalue weighted by atomic mass is 35.5. The molecule has 1 saturated heterocycles. The van der Waals surface area contributed by atoms with E-state index in [2.05, 4.69) is 0 Å². The average molecular weight is 476 g/mol. The van der Waals surface area contributed by atoms with Gasteiger partial charge in [0.25, 0.3) is 0 Å². The normalized spacial score (nSPS) is 16.9.